The Morgan fingerprint density at radius 3 is 2.41 bits per heavy atom. The number of rotatable bonds is 4. The third-order valence-electron chi connectivity index (χ3n) is 2.96. The van der Waals surface area contributed by atoms with E-state index in [1.54, 1.807) is 30.3 Å². The molecule has 6 heteroatoms. The predicted octanol–water partition coefficient (Wildman–Crippen LogP) is 3.46. The lowest BCUT2D eigenvalue weighted by Crippen LogP contribution is -2.21. The van der Waals surface area contributed by atoms with Gasteiger partial charge in [0.05, 0.1) is 6.42 Å². The van der Waals surface area contributed by atoms with E-state index >= 15 is 0 Å². The number of halogens is 3. The van der Waals surface area contributed by atoms with E-state index in [9.17, 15) is 23.1 Å². The lowest BCUT2D eigenvalue weighted by atomic mass is 10.1. The van der Waals surface area contributed by atoms with Crippen molar-refractivity contribution >= 4 is 11.6 Å². The molecule has 1 unspecified atom stereocenters. The average Bonchev–Trinajstić information content (AvgIpc) is 2.46. The van der Waals surface area contributed by atoms with Gasteiger partial charge in [0.1, 0.15) is 0 Å². The van der Waals surface area contributed by atoms with Crippen LogP contribution in [0.1, 0.15) is 17.2 Å². The van der Waals surface area contributed by atoms with Gasteiger partial charge >= 0.3 is 6.18 Å². The number of hydrogen-bond donors (Lipinski definition) is 2. The molecule has 116 valence electrons. The topological polar surface area (TPSA) is 49.3 Å². The van der Waals surface area contributed by atoms with Crippen LogP contribution >= 0.6 is 0 Å². The SMILES string of the molecule is O=C(Nc1cccc(CC(F)(F)F)c1)C(O)c1ccccc1. The Bertz CT molecular complexity index is 641. The molecule has 0 radical (unpaired) electrons. The third kappa shape index (κ3) is 4.60. The van der Waals surface area contributed by atoms with Crippen molar-refractivity contribution in [2.45, 2.75) is 18.7 Å². The second-order valence-corrected chi connectivity index (χ2v) is 4.79. The number of benzene rings is 2. The van der Waals surface area contributed by atoms with Crippen molar-refractivity contribution in [2.75, 3.05) is 5.32 Å². The molecule has 2 rings (SSSR count). The van der Waals surface area contributed by atoms with Gasteiger partial charge in [-0.1, -0.05) is 42.5 Å². The summed E-state index contributed by atoms with van der Waals surface area (Å²) in [5.41, 5.74) is 0.660. The van der Waals surface area contributed by atoms with Gasteiger partial charge < -0.3 is 10.4 Å². The van der Waals surface area contributed by atoms with E-state index in [1.807, 2.05) is 0 Å². The highest BCUT2D eigenvalue weighted by molar-refractivity contribution is 5.94. The van der Waals surface area contributed by atoms with Crippen LogP contribution in [0.2, 0.25) is 0 Å². The van der Waals surface area contributed by atoms with Crippen LogP contribution in [0.5, 0.6) is 0 Å². The van der Waals surface area contributed by atoms with Crippen LogP contribution < -0.4 is 5.32 Å². The summed E-state index contributed by atoms with van der Waals surface area (Å²) in [5.74, 6) is -0.699. The molecule has 0 bridgehead atoms. The first-order valence-corrected chi connectivity index (χ1v) is 6.55. The van der Waals surface area contributed by atoms with Crippen LogP contribution in [-0.4, -0.2) is 17.2 Å². The minimum Gasteiger partial charge on any atom is -0.378 e. The van der Waals surface area contributed by atoms with Gasteiger partial charge in [0.2, 0.25) is 0 Å². The molecule has 0 aliphatic heterocycles. The van der Waals surface area contributed by atoms with Crippen LogP contribution in [0.25, 0.3) is 0 Å². The van der Waals surface area contributed by atoms with E-state index in [0.29, 0.717) is 5.56 Å². The van der Waals surface area contributed by atoms with Gasteiger partial charge in [0.25, 0.3) is 5.91 Å². The van der Waals surface area contributed by atoms with Gasteiger partial charge in [-0.25, -0.2) is 0 Å². The Morgan fingerprint density at radius 2 is 1.77 bits per heavy atom. The molecule has 2 N–H and O–H groups in total. The minimum absolute atomic E-state index is 0.0412. The van der Waals surface area contributed by atoms with E-state index in [0.717, 1.165) is 0 Å². The van der Waals surface area contributed by atoms with E-state index in [-0.39, 0.29) is 11.3 Å². The quantitative estimate of drug-likeness (QED) is 0.908. The summed E-state index contributed by atoms with van der Waals surface area (Å²) < 4.78 is 37.1. The monoisotopic (exact) mass is 309 g/mol. The zero-order chi connectivity index (χ0) is 16.2. The minimum atomic E-state index is -4.31. The fraction of sp³-hybridized carbons (Fsp3) is 0.188. The van der Waals surface area contributed by atoms with Crippen molar-refractivity contribution in [1.29, 1.82) is 0 Å². The smallest absolute Gasteiger partial charge is 0.378 e. The lowest BCUT2D eigenvalue weighted by molar-refractivity contribution is -0.127. The fourth-order valence-electron chi connectivity index (χ4n) is 1.99. The molecule has 0 fully saturated rings. The number of carbonyl (C=O) groups excluding carboxylic acids is 1. The molecule has 0 saturated heterocycles. The first kappa shape index (κ1) is 16.0. The summed E-state index contributed by atoms with van der Waals surface area (Å²) in [5, 5.41) is 12.3. The van der Waals surface area contributed by atoms with Crippen LogP contribution in [0.15, 0.2) is 54.6 Å². The second-order valence-electron chi connectivity index (χ2n) is 4.79. The Labute approximate surface area is 125 Å². The Kier molecular flexibility index (Phi) is 4.82. The molecule has 0 aliphatic rings. The van der Waals surface area contributed by atoms with Gasteiger partial charge in [-0.15, -0.1) is 0 Å². The van der Waals surface area contributed by atoms with Crippen LogP contribution in [0.3, 0.4) is 0 Å². The average molecular weight is 309 g/mol. The number of anilines is 1. The molecule has 1 atom stereocenters. The summed E-state index contributed by atoms with van der Waals surface area (Å²) in [6.45, 7) is 0. The molecule has 3 nitrogen and oxygen atoms in total. The van der Waals surface area contributed by atoms with Crippen molar-refractivity contribution in [3.8, 4) is 0 Å². The van der Waals surface area contributed by atoms with Gasteiger partial charge in [-0.3, -0.25) is 4.79 Å². The van der Waals surface area contributed by atoms with Crippen LogP contribution in [0.4, 0.5) is 18.9 Å². The number of aliphatic hydroxyl groups is 1. The van der Waals surface area contributed by atoms with Crippen molar-refractivity contribution in [3.63, 3.8) is 0 Å². The first-order valence-electron chi connectivity index (χ1n) is 6.55. The summed E-state index contributed by atoms with van der Waals surface area (Å²) in [6, 6.07) is 13.7. The highest BCUT2D eigenvalue weighted by Crippen LogP contribution is 2.23. The Morgan fingerprint density at radius 1 is 1.09 bits per heavy atom. The highest BCUT2D eigenvalue weighted by atomic mass is 19.4. The van der Waals surface area contributed by atoms with E-state index in [1.165, 1.54) is 24.3 Å². The number of aliphatic hydroxyl groups excluding tert-OH is 1. The van der Waals surface area contributed by atoms with Crippen molar-refractivity contribution in [2.24, 2.45) is 0 Å². The molecule has 1 amide bonds. The third-order valence-corrected chi connectivity index (χ3v) is 2.96. The second kappa shape index (κ2) is 6.62. The number of amides is 1. The molecule has 0 aliphatic carbocycles. The summed E-state index contributed by atoms with van der Waals surface area (Å²) in [7, 11) is 0. The van der Waals surface area contributed by atoms with Crippen molar-refractivity contribution in [1.82, 2.24) is 0 Å². The maximum atomic E-state index is 12.4. The first-order chi connectivity index (χ1) is 10.3. The molecule has 0 heterocycles. The van der Waals surface area contributed by atoms with E-state index < -0.39 is 24.6 Å². The molecular formula is C16H14F3NO2. The van der Waals surface area contributed by atoms with E-state index in [4.69, 9.17) is 0 Å². The summed E-state index contributed by atoms with van der Waals surface area (Å²) >= 11 is 0. The summed E-state index contributed by atoms with van der Waals surface area (Å²) in [6.07, 6.45) is -6.77. The van der Waals surface area contributed by atoms with Gasteiger partial charge in [-0.05, 0) is 23.3 Å². The molecule has 0 spiro atoms. The number of nitrogens with one attached hydrogen (secondary N) is 1. The van der Waals surface area contributed by atoms with Crippen molar-refractivity contribution < 1.29 is 23.1 Å². The maximum absolute atomic E-state index is 12.4. The Hall–Kier alpha value is -2.34. The van der Waals surface area contributed by atoms with Gasteiger partial charge in [0, 0.05) is 5.69 Å². The fourth-order valence-corrected chi connectivity index (χ4v) is 1.99. The maximum Gasteiger partial charge on any atom is 0.393 e. The predicted molar refractivity (Wildman–Crippen MR) is 76.2 cm³/mol. The largest absolute Gasteiger partial charge is 0.393 e. The number of alkyl halides is 3. The molecule has 0 aromatic heterocycles. The molecule has 2 aromatic carbocycles. The number of carbonyl (C=O) groups is 1. The zero-order valence-electron chi connectivity index (χ0n) is 11.5. The van der Waals surface area contributed by atoms with Crippen LogP contribution in [0, 0.1) is 0 Å². The summed E-state index contributed by atoms with van der Waals surface area (Å²) in [4.78, 5) is 11.9. The zero-order valence-corrected chi connectivity index (χ0v) is 11.5. The van der Waals surface area contributed by atoms with E-state index in [2.05, 4.69) is 5.32 Å². The molecule has 2 aromatic rings. The number of hydrogen-bond acceptors (Lipinski definition) is 2. The molecule has 0 saturated carbocycles. The van der Waals surface area contributed by atoms with Crippen LogP contribution in [-0.2, 0) is 11.2 Å². The van der Waals surface area contributed by atoms with Gasteiger partial charge in [0.15, 0.2) is 6.10 Å². The standard InChI is InChI=1S/C16H14F3NO2/c17-16(18,19)10-11-5-4-8-13(9-11)20-15(22)14(21)12-6-2-1-3-7-12/h1-9,14,21H,10H2,(H,20,22). The normalized spacial score (nSPS) is 12.7. The molecule has 22 heavy (non-hydrogen) atoms. The van der Waals surface area contributed by atoms with Crippen molar-refractivity contribution in [3.05, 3.63) is 65.7 Å². The van der Waals surface area contributed by atoms with Gasteiger partial charge in [-0.2, -0.15) is 13.2 Å². The highest BCUT2D eigenvalue weighted by Gasteiger charge is 2.27. The molecular weight excluding hydrogens is 295 g/mol. The lowest BCUT2D eigenvalue weighted by Gasteiger charge is -2.13. The Balaban J connectivity index is 2.07.